The summed E-state index contributed by atoms with van der Waals surface area (Å²) in [6.07, 6.45) is 0. The van der Waals surface area contributed by atoms with E-state index >= 15 is 0 Å². The van der Waals surface area contributed by atoms with Crippen molar-refractivity contribution in [3.63, 3.8) is 0 Å². The number of aryl methyl sites for hydroxylation is 2. The predicted octanol–water partition coefficient (Wildman–Crippen LogP) is 3.36. The maximum atomic E-state index is 12.7. The van der Waals surface area contributed by atoms with Crippen LogP contribution in [0.3, 0.4) is 0 Å². The maximum absolute atomic E-state index is 12.7. The van der Waals surface area contributed by atoms with Crippen LogP contribution in [0.15, 0.2) is 51.0 Å². The molecule has 29 heavy (non-hydrogen) atoms. The first-order chi connectivity index (χ1) is 14.0. The third-order valence-electron chi connectivity index (χ3n) is 5.34. The third-order valence-corrected chi connectivity index (χ3v) is 5.34. The molecule has 3 heterocycles. The van der Waals surface area contributed by atoms with Crippen LogP contribution in [0.1, 0.15) is 28.6 Å². The SMILES string of the molecule is Cc1oc(C)c2c(=O)ccc3c(c12)OC(N)=C(C#N)C3c1ccc2c(c1)OCO2. The van der Waals surface area contributed by atoms with Gasteiger partial charge >= 0.3 is 0 Å². The standard InChI is InChI=1S/C22H16N2O5/c1-10-18-15(25)5-4-13-20(12-3-6-16-17(7-12)27-9-26-16)14(8-23)22(24)29-21(13)19(18)11(2)28-10/h3-7,20H,9,24H2,1-2H3. The lowest BCUT2D eigenvalue weighted by Gasteiger charge is -2.26. The normalized spacial score (nSPS) is 17.1. The number of fused-ring (bicyclic) bond motifs is 4. The van der Waals surface area contributed by atoms with Gasteiger partial charge in [0.05, 0.1) is 16.7 Å². The van der Waals surface area contributed by atoms with Gasteiger partial charge in [-0.05, 0) is 37.6 Å². The fraction of sp³-hybridized carbons (Fsp3) is 0.182. The number of benzene rings is 1. The Kier molecular flexibility index (Phi) is 3.58. The summed E-state index contributed by atoms with van der Waals surface area (Å²) in [6.45, 7) is 3.66. The first kappa shape index (κ1) is 17.2. The van der Waals surface area contributed by atoms with Crippen molar-refractivity contribution in [2.24, 2.45) is 5.73 Å². The predicted molar refractivity (Wildman–Crippen MR) is 104 cm³/mol. The minimum absolute atomic E-state index is 0.000805. The number of rotatable bonds is 1. The molecule has 2 aromatic carbocycles. The van der Waals surface area contributed by atoms with Gasteiger partial charge in [-0.15, -0.1) is 0 Å². The molecule has 0 radical (unpaired) electrons. The molecule has 7 heteroatoms. The van der Waals surface area contributed by atoms with E-state index < -0.39 is 5.92 Å². The van der Waals surface area contributed by atoms with E-state index in [0.717, 1.165) is 5.56 Å². The Balaban J connectivity index is 1.86. The second-order valence-corrected chi connectivity index (χ2v) is 6.98. The van der Waals surface area contributed by atoms with Crippen LogP contribution in [0.25, 0.3) is 10.8 Å². The Morgan fingerprint density at radius 1 is 1.07 bits per heavy atom. The van der Waals surface area contributed by atoms with E-state index in [1.807, 2.05) is 12.1 Å². The highest BCUT2D eigenvalue weighted by Gasteiger charge is 2.33. The average molecular weight is 388 g/mol. The molecule has 2 aliphatic rings. The number of furan rings is 1. The zero-order valence-corrected chi connectivity index (χ0v) is 15.7. The third kappa shape index (κ3) is 2.39. The minimum Gasteiger partial charge on any atom is -0.465 e. The van der Waals surface area contributed by atoms with E-state index in [2.05, 4.69) is 6.07 Å². The van der Waals surface area contributed by atoms with Crippen LogP contribution in [-0.4, -0.2) is 6.79 Å². The summed E-state index contributed by atoms with van der Waals surface area (Å²) < 4.78 is 22.5. The monoisotopic (exact) mass is 388 g/mol. The summed E-state index contributed by atoms with van der Waals surface area (Å²) >= 11 is 0. The molecule has 1 aromatic heterocycles. The Hall–Kier alpha value is -3.92. The number of ether oxygens (including phenoxy) is 3. The maximum Gasteiger partial charge on any atom is 0.231 e. The van der Waals surface area contributed by atoms with Crippen molar-refractivity contribution >= 4 is 10.8 Å². The summed E-state index contributed by atoms with van der Waals surface area (Å²) in [5.74, 6) is 2.20. The fourth-order valence-corrected chi connectivity index (χ4v) is 4.08. The first-order valence-corrected chi connectivity index (χ1v) is 9.03. The average Bonchev–Trinajstić information content (AvgIpc) is 3.24. The van der Waals surface area contributed by atoms with Gasteiger partial charge < -0.3 is 24.4 Å². The van der Waals surface area contributed by atoms with Gasteiger partial charge in [-0.1, -0.05) is 12.1 Å². The van der Waals surface area contributed by atoms with E-state index in [1.165, 1.54) is 6.07 Å². The number of hydrogen-bond donors (Lipinski definition) is 1. The van der Waals surface area contributed by atoms with E-state index in [-0.39, 0.29) is 23.7 Å². The summed E-state index contributed by atoms with van der Waals surface area (Å²) in [7, 11) is 0. The van der Waals surface area contributed by atoms with Crippen molar-refractivity contribution in [2.75, 3.05) is 6.79 Å². The van der Waals surface area contributed by atoms with Gasteiger partial charge in [0.25, 0.3) is 0 Å². The summed E-state index contributed by atoms with van der Waals surface area (Å²) in [5.41, 5.74) is 7.66. The van der Waals surface area contributed by atoms with Crippen LogP contribution in [0, 0.1) is 25.2 Å². The molecule has 0 aliphatic carbocycles. The molecule has 5 rings (SSSR count). The molecule has 0 fully saturated rings. The Bertz CT molecular complexity index is 1330. The van der Waals surface area contributed by atoms with Crippen LogP contribution < -0.4 is 25.4 Å². The molecule has 0 spiro atoms. The Morgan fingerprint density at radius 2 is 1.83 bits per heavy atom. The molecule has 0 bridgehead atoms. The van der Waals surface area contributed by atoms with Crippen molar-refractivity contribution in [3.05, 3.63) is 74.7 Å². The molecule has 1 atom stereocenters. The second-order valence-electron chi connectivity index (χ2n) is 6.98. The van der Waals surface area contributed by atoms with E-state index in [1.54, 1.807) is 26.0 Å². The van der Waals surface area contributed by atoms with Gasteiger partial charge in [0.15, 0.2) is 16.9 Å². The first-order valence-electron chi connectivity index (χ1n) is 9.03. The van der Waals surface area contributed by atoms with Gasteiger partial charge in [-0.25, -0.2) is 0 Å². The van der Waals surface area contributed by atoms with Gasteiger partial charge in [-0.2, -0.15) is 5.26 Å². The van der Waals surface area contributed by atoms with Gasteiger partial charge in [-0.3, -0.25) is 4.79 Å². The molecule has 2 N–H and O–H groups in total. The quantitative estimate of drug-likeness (QED) is 0.681. The highest BCUT2D eigenvalue weighted by Crippen LogP contribution is 2.47. The summed E-state index contributed by atoms with van der Waals surface area (Å²) in [6, 6.07) is 10.8. The molecule has 1 unspecified atom stereocenters. The van der Waals surface area contributed by atoms with Crippen LogP contribution in [0.2, 0.25) is 0 Å². The van der Waals surface area contributed by atoms with Crippen LogP contribution >= 0.6 is 0 Å². The number of allylic oxidation sites excluding steroid dienone is 1. The molecular formula is C22H16N2O5. The fourth-order valence-electron chi connectivity index (χ4n) is 4.08. The highest BCUT2D eigenvalue weighted by molar-refractivity contribution is 5.93. The van der Waals surface area contributed by atoms with Crippen molar-refractivity contribution in [3.8, 4) is 23.3 Å². The molecule has 3 aromatic rings. The van der Waals surface area contributed by atoms with Crippen molar-refractivity contribution < 1.29 is 18.6 Å². The zero-order chi connectivity index (χ0) is 20.3. The number of hydrogen-bond acceptors (Lipinski definition) is 7. The van der Waals surface area contributed by atoms with Gasteiger partial charge in [0, 0.05) is 5.56 Å². The molecule has 0 saturated carbocycles. The number of nitrogens with zero attached hydrogens (tertiary/aromatic N) is 1. The van der Waals surface area contributed by atoms with E-state index in [9.17, 15) is 10.1 Å². The second kappa shape index (κ2) is 6.04. The molecule has 7 nitrogen and oxygen atoms in total. The van der Waals surface area contributed by atoms with Gasteiger partial charge in [0.2, 0.25) is 12.7 Å². The van der Waals surface area contributed by atoms with Crippen LogP contribution in [-0.2, 0) is 0 Å². The number of nitriles is 1. The van der Waals surface area contributed by atoms with E-state index in [4.69, 9.17) is 24.4 Å². The Labute approximate surface area is 165 Å². The molecular weight excluding hydrogens is 372 g/mol. The summed E-state index contributed by atoms with van der Waals surface area (Å²) in [4.78, 5) is 12.7. The Morgan fingerprint density at radius 3 is 2.62 bits per heavy atom. The topological polar surface area (TPSA) is 108 Å². The zero-order valence-electron chi connectivity index (χ0n) is 15.7. The summed E-state index contributed by atoms with van der Waals surface area (Å²) in [5, 5.41) is 10.8. The minimum atomic E-state index is -0.525. The van der Waals surface area contributed by atoms with Crippen molar-refractivity contribution in [1.82, 2.24) is 0 Å². The lowest BCUT2D eigenvalue weighted by Crippen LogP contribution is -2.20. The van der Waals surface area contributed by atoms with Crippen LogP contribution in [0.4, 0.5) is 0 Å². The molecule has 0 saturated heterocycles. The van der Waals surface area contributed by atoms with Crippen molar-refractivity contribution in [2.45, 2.75) is 19.8 Å². The molecule has 0 amide bonds. The number of nitrogens with two attached hydrogens (primary N) is 1. The molecule has 2 aliphatic heterocycles. The smallest absolute Gasteiger partial charge is 0.231 e. The van der Waals surface area contributed by atoms with Gasteiger partial charge in [0.1, 0.15) is 28.9 Å². The van der Waals surface area contributed by atoms with Crippen molar-refractivity contribution in [1.29, 1.82) is 5.26 Å². The lowest BCUT2D eigenvalue weighted by molar-refractivity contribution is 0.174. The highest BCUT2D eigenvalue weighted by atomic mass is 16.7. The molecule has 144 valence electrons. The van der Waals surface area contributed by atoms with E-state index in [0.29, 0.717) is 45.1 Å². The van der Waals surface area contributed by atoms with Crippen LogP contribution in [0.5, 0.6) is 17.2 Å². The lowest BCUT2D eigenvalue weighted by atomic mass is 9.83. The largest absolute Gasteiger partial charge is 0.465 e.